The maximum atomic E-state index is 10.5. The molecule has 1 aromatic rings. The van der Waals surface area contributed by atoms with Crippen molar-refractivity contribution in [3.8, 4) is 5.75 Å². The van der Waals surface area contributed by atoms with E-state index >= 15 is 0 Å². The smallest absolute Gasteiger partial charge is 0.288 e. The summed E-state index contributed by atoms with van der Waals surface area (Å²) in [5.41, 5.74) is -0.136. The van der Waals surface area contributed by atoms with Gasteiger partial charge in [0.25, 0.3) is 5.69 Å². The number of rotatable bonds is 3. The average Bonchev–Trinajstić information content (AvgIpc) is 2.15. The van der Waals surface area contributed by atoms with Gasteiger partial charge < -0.3 is 9.84 Å². The molecule has 0 aliphatic heterocycles. The summed E-state index contributed by atoms with van der Waals surface area (Å²) < 4.78 is 5.47. The van der Waals surface area contributed by atoms with E-state index in [1.54, 1.807) is 0 Å². The van der Waals surface area contributed by atoms with Crippen LogP contribution in [0.2, 0.25) is 5.02 Å². The molecule has 0 heterocycles. The number of nitro groups is 1. The number of benzene rings is 1. The number of ether oxygens (including phenoxy) is 1. The lowest BCUT2D eigenvalue weighted by molar-refractivity contribution is -0.384. The first-order chi connectivity index (χ1) is 7.56. The van der Waals surface area contributed by atoms with E-state index in [9.17, 15) is 10.1 Å². The fourth-order valence-corrected chi connectivity index (χ4v) is 1.78. The Bertz CT molecular complexity index is 417. The van der Waals surface area contributed by atoms with Gasteiger partial charge in [-0.1, -0.05) is 11.6 Å². The van der Waals surface area contributed by atoms with Crippen LogP contribution in [0.4, 0.5) is 5.69 Å². The summed E-state index contributed by atoms with van der Waals surface area (Å²) in [5.74, 6) is 0.493. The number of nitrogens with zero attached hydrogens (tertiary/aromatic N) is 1. The van der Waals surface area contributed by atoms with Crippen LogP contribution in [0.3, 0.4) is 0 Å². The predicted molar refractivity (Wildman–Crippen MR) is 57.8 cm³/mol. The molecule has 1 N–H and O–H groups in total. The molecule has 6 heteroatoms. The SMILES string of the molecule is O=[N+]([O-])c1ccc(OC2CC(O)C2)cc1Cl. The van der Waals surface area contributed by atoms with Crippen LogP contribution < -0.4 is 4.74 Å². The summed E-state index contributed by atoms with van der Waals surface area (Å²) in [7, 11) is 0. The van der Waals surface area contributed by atoms with Crippen LogP contribution in [-0.4, -0.2) is 22.2 Å². The molecule has 1 aliphatic rings. The van der Waals surface area contributed by atoms with Gasteiger partial charge in [-0.05, 0) is 6.07 Å². The third-order valence-corrected chi connectivity index (χ3v) is 2.79. The number of halogens is 1. The highest BCUT2D eigenvalue weighted by molar-refractivity contribution is 6.32. The van der Waals surface area contributed by atoms with Crippen molar-refractivity contribution < 1.29 is 14.8 Å². The van der Waals surface area contributed by atoms with E-state index in [1.165, 1.54) is 18.2 Å². The Morgan fingerprint density at radius 3 is 2.69 bits per heavy atom. The normalized spacial score (nSPS) is 23.6. The van der Waals surface area contributed by atoms with Crippen LogP contribution in [0.1, 0.15) is 12.8 Å². The minimum Gasteiger partial charge on any atom is -0.490 e. The Labute approximate surface area is 96.7 Å². The first-order valence-corrected chi connectivity index (χ1v) is 5.22. The number of nitro benzene ring substituents is 1. The molecule has 0 amide bonds. The van der Waals surface area contributed by atoms with Crippen molar-refractivity contribution in [3.63, 3.8) is 0 Å². The zero-order valence-corrected chi connectivity index (χ0v) is 9.05. The third-order valence-electron chi connectivity index (χ3n) is 2.49. The lowest BCUT2D eigenvalue weighted by Gasteiger charge is -2.31. The third kappa shape index (κ3) is 2.25. The molecule has 1 fully saturated rings. The van der Waals surface area contributed by atoms with E-state index in [-0.39, 0.29) is 22.9 Å². The van der Waals surface area contributed by atoms with Crippen LogP contribution in [0.25, 0.3) is 0 Å². The lowest BCUT2D eigenvalue weighted by atomic mass is 9.92. The quantitative estimate of drug-likeness (QED) is 0.652. The Morgan fingerprint density at radius 2 is 2.19 bits per heavy atom. The molecule has 0 spiro atoms. The van der Waals surface area contributed by atoms with Crippen molar-refractivity contribution in [2.24, 2.45) is 0 Å². The van der Waals surface area contributed by atoms with Crippen LogP contribution in [0, 0.1) is 10.1 Å². The summed E-state index contributed by atoms with van der Waals surface area (Å²) in [6, 6.07) is 4.24. The maximum Gasteiger partial charge on any atom is 0.288 e. The van der Waals surface area contributed by atoms with E-state index in [4.69, 9.17) is 21.4 Å². The molecule has 0 unspecified atom stereocenters. The Kier molecular flexibility index (Phi) is 2.98. The summed E-state index contributed by atoms with van der Waals surface area (Å²) in [6.45, 7) is 0. The van der Waals surface area contributed by atoms with Crippen LogP contribution in [0.15, 0.2) is 18.2 Å². The minimum atomic E-state index is -0.542. The molecule has 0 aromatic heterocycles. The van der Waals surface area contributed by atoms with E-state index < -0.39 is 4.92 Å². The van der Waals surface area contributed by atoms with Crippen LogP contribution in [-0.2, 0) is 0 Å². The van der Waals surface area contributed by atoms with Gasteiger partial charge in [-0.25, -0.2) is 0 Å². The highest BCUT2D eigenvalue weighted by Gasteiger charge is 2.29. The van der Waals surface area contributed by atoms with E-state index in [2.05, 4.69) is 0 Å². The van der Waals surface area contributed by atoms with Gasteiger partial charge in [0.2, 0.25) is 0 Å². The summed E-state index contributed by atoms with van der Waals surface area (Å²) >= 11 is 5.73. The number of aliphatic hydroxyl groups excluding tert-OH is 1. The van der Waals surface area contributed by atoms with Crippen molar-refractivity contribution in [1.29, 1.82) is 0 Å². The molecule has 1 saturated carbocycles. The van der Waals surface area contributed by atoms with Gasteiger partial charge in [-0.3, -0.25) is 10.1 Å². The molecule has 1 aliphatic carbocycles. The zero-order valence-electron chi connectivity index (χ0n) is 8.30. The largest absolute Gasteiger partial charge is 0.490 e. The maximum absolute atomic E-state index is 10.5. The highest BCUT2D eigenvalue weighted by atomic mass is 35.5. The Morgan fingerprint density at radius 1 is 1.50 bits per heavy atom. The van der Waals surface area contributed by atoms with Gasteiger partial charge in [0, 0.05) is 25.0 Å². The topological polar surface area (TPSA) is 72.6 Å². The molecular formula is C10H10ClNO4. The molecule has 86 valence electrons. The van der Waals surface area contributed by atoms with Crippen molar-refractivity contribution >= 4 is 17.3 Å². The molecule has 0 atom stereocenters. The predicted octanol–water partition coefficient (Wildman–Crippen LogP) is 2.15. The van der Waals surface area contributed by atoms with Gasteiger partial charge in [0.15, 0.2) is 0 Å². The van der Waals surface area contributed by atoms with Crippen LogP contribution in [0.5, 0.6) is 5.75 Å². The molecule has 0 bridgehead atoms. The Balaban J connectivity index is 2.06. The second kappa shape index (κ2) is 4.27. The fraction of sp³-hybridized carbons (Fsp3) is 0.400. The van der Waals surface area contributed by atoms with Gasteiger partial charge in [0.1, 0.15) is 16.9 Å². The number of hydrogen-bond acceptors (Lipinski definition) is 4. The van der Waals surface area contributed by atoms with Gasteiger partial charge in [0.05, 0.1) is 11.0 Å². The molecule has 16 heavy (non-hydrogen) atoms. The van der Waals surface area contributed by atoms with Crippen molar-refractivity contribution in [2.75, 3.05) is 0 Å². The monoisotopic (exact) mass is 243 g/mol. The molecule has 0 radical (unpaired) electrons. The molecule has 1 aromatic carbocycles. The summed E-state index contributed by atoms with van der Waals surface area (Å²) in [4.78, 5) is 9.97. The summed E-state index contributed by atoms with van der Waals surface area (Å²) in [5, 5.41) is 19.6. The first kappa shape index (κ1) is 11.2. The standard InChI is InChI=1S/C10H10ClNO4/c11-9-5-7(1-2-10(9)12(14)15)16-8-3-6(13)4-8/h1-2,5-6,8,13H,3-4H2. The molecular weight excluding hydrogens is 234 g/mol. The second-order valence-corrected chi connectivity index (χ2v) is 4.14. The lowest BCUT2D eigenvalue weighted by Crippen LogP contribution is -2.37. The average molecular weight is 244 g/mol. The zero-order chi connectivity index (χ0) is 11.7. The number of aliphatic hydroxyl groups is 1. The van der Waals surface area contributed by atoms with Crippen molar-refractivity contribution in [1.82, 2.24) is 0 Å². The molecule has 2 rings (SSSR count). The van der Waals surface area contributed by atoms with Gasteiger partial charge >= 0.3 is 0 Å². The van der Waals surface area contributed by atoms with E-state index in [0.717, 1.165) is 0 Å². The number of hydrogen-bond donors (Lipinski definition) is 1. The fourth-order valence-electron chi connectivity index (χ4n) is 1.54. The van der Waals surface area contributed by atoms with Crippen molar-refractivity contribution in [2.45, 2.75) is 25.0 Å². The second-order valence-electron chi connectivity index (χ2n) is 3.74. The van der Waals surface area contributed by atoms with E-state index in [1.807, 2.05) is 0 Å². The first-order valence-electron chi connectivity index (χ1n) is 4.85. The highest BCUT2D eigenvalue weighted by Crippen LogP contribution is 2.31. The molecule has 5 nitrogen and oxygen atoms in total. The van der Waals surface area contributed by atoms with Gasteiger partial charge in [-0.15, -0.1) is 0 Å². The van der Waals surface area contributed by atoms with Crippen LogP contribution >= 0.6 is 11.6 Å². The Hall–Kier alpha value is -1.33. The molecule has 0 saturated heterocycles. The van der Waals surface area contributed by atoms with E-state index in [0.29, 0.717) is 18.6 Å². The summed E-state index contributed by atoms with van der Waals surface area (Å²) in [6.07, 6.45) is 0.870. The van der Waals surface area contributed by atoms with Gasteiger partial charge in [-0.2, -0.15) is 0 Å². The minimum absolute atomic E-state index is 0.0208. The van der Waals surface area contributed by atoms with Crippen molar-refractivity contribution in [3.05, 3.63) is 33.3 Å².